The molecule has 0 bridgehead atoms. The van der Waals surface area contributed by atoms with Gasteiger partial charge in [0.1, 0.15) is 17.5 Å². The van der Waals surface area contributed by atoms with Gasteiger partial charge in [-0.3, -0.25) is 14.5 Å². The average Bonchev–Trinajstić information content (AvgIpc) is 2.85. The Kier molecular flexibility index (Phi) is 5.82. The van der Waals surface area contributed by atoms with Crippen LogP contribution in [0.1, 0.15) is 39.1 Å². The van der Waals surface area contributed by atoms with Crippen molar-refractivity contribution in [2.45, 2.75) is 18.9 Å². The number of halogens is 2. The first-order chi connectivity index (χ1) is 16.9. The number of pyridine rings is 1. The van der Waals surface area contributed by atoms with E-state index in [1.807, 2.05) is 13.0 Å². The molecule has 35 heavy (non-hydrogen) atoms. The van der Waals surface area contributed by atoms with Gasteiger partial charge in [0.15, 0.2) is 0 Å². The van der Waals surface area contributed by atoms with Crippen molar-refractivity contribution in [1.82, 2.24) is 4.98 Å². The molecule has 0 unspecified atom stereocenters. The first kappa shape index (κ1) is 22.4. The molecule has 1 aromatic heterocycles. The summed E-state index contributed by atoms with van der Waals surface area (Å²) in [6.07, 6.45) is 0. The second-order valence-electron chi connectivity index (χ2n) is 8.37. The van der Waals surface area contributed by atoms with Crippen molar-refractivity contribution in [2.75, 3.05) is 10.2 Å². The second kappa shape index (κ2) is 9.10. The number of aryl methyl sites for hydroxylation is 1. The summed E-state index contributed by atoms with van der Waals surface area (Å²) in [6, 6.07) is 22.6. The molecule has 2 heterocycles. The summed E-state index contributed by atoms with van der Waals surface area (Å²) >= 11 is 0. The first-order valence-corrected chi connectivity index (χ1v) is 11.1. The van der Waals surface area contributed by atoms with Gasteiger partial charge < -0.3 is 5.32 Å². The number of amides is 2. The van der Waals surface area contributed by atoms with Gasteiger partial charge in [0.2, 0.25) is 5.91 Å². The molecule has 4 aromatic rings. The van der Waals surface area contributed by atoms with Gasteiger partial charge in [0, 0.05) is 16.9 Å². The Labute approximate surface area is 201 Å². The zero-order valence-corrected chi connectivity index (χ0v) is 18.8. The van der Waals surface area contributed by atoms with Gasteiger partial charge in [-0.2, -0.15) is 0 Å². The zero-order chi connectivity index (χ0) is 24.5. The number of hydrogen-bond donors (Lipinski definition) is 1. The van der Waals surface area contributed by atoms with Crippen LogP contribution in [0, 0.1) is 18.6 Å². The molecule has 0 radical (unpaired) electrons. The Hall–Kier alpha value is -4.39. The van der Waals surface area contributed by atoms with Crippen LogP contribution in [0.5, 0.6) is 0 Å². The van der Waals surface area contributed by atoms with Crippen molar-refractivity contribution >= 4 is 23.3 Å². The third-order valence-corrected chi connectivity index (χ3v) is 6.08. The average molecular weight is 469 g/mol. The minimum absolute atomic E-state index is 0.334. The van der Waals surface area contributed by atoms with Crippen molar-refractivity contribution in [2.24, 2.45) is 0 Å². The highest BCUT2D eigenvalue weighted by molar-refractivity contribution is 6.12. The van der Waals surface area contributed by atoms with Crippen LogP contribution in [0.3, 0.4) is 0 Å². The van der Waals surface area contributed by atoms with E-state index in [1.54, 1.807) is 48.5 Å². The number of aromatic nitrogens is 1. The summed E-state index contributed by atoms with van der Waals surface area (Å²) in [4.78, 5) is 33.4. The number of anilines is 2. The molecule has 3 aromatic carbocycles. The van der Waals surface area contributed by atoms with E-state index < -0.39 is 23.6 Å². The number of benzene rings is 3. The van der Waals surface area contributed by atoms with Gasteiger partial charge in [-0.25, -0.2) is 13.8 Å². The van der Waals surface area contributed by atoms with Gasteiger partial charge in [0.25, 0.3) is 5.91 Å². The maximum atomic E-state index is 13.8. The highest BCUT2D eigenvalue weighted by Gasteiger charge is 2.45. The minimum atomic E-state index is -0.846. The predicted octanol–water partition coefficient (Wildman–Crippen LogP) is 5.79. The molecule has 0 fully saturated rings. The highest BCUT2D eigenvalue weighted by atomic mass is 19.1. The van der Waals surface area contributed by atoms with Crippen LogP contribution in [0.4, 0.5) is 20.3 Å². The summed E-state index contributed by atoms with van der Waals surface area (Å²) in [6.45, 7) is 1.82. The Balaban J connectivity index is 1.69. The van der Waals surface area contributed by atoms with Crippen LogP contribution >= 0.6 is 0 Å². The van der Waals surface area contributed by atoms with Crippen molar-refractivity contribution in [3.63, 3.8) is 0 Å². The lowest BCUT2D eigenvalue weighted by atomic mass is 9.79. The summed E-state index contributed by atoms with van der Waals surface area (Å²) in [5, 5.41) is 2.88. The molecule has 2 atom stereocenters. The van der Waals surface area contributed by atoms with Gasteiger partial charge in [0.05, 0.1) is 12.0 Å². The normalized spacial score (nSPS) is 17.1. The van der Waals surface area contributed by atoms with Crippen molar-refractivity contribution < 1.29 is 18.4 Å². The Bertz CT molecular complexity index is 1400. The quantitative estimate of drug-likeness (QED) is 0.411. The third kappa shape index (κ3) is 4.28. The van der Waals surface area contributed by atoms with Crippen LogP contribution in [0.25, 0.3) is 0 Å². The number of nitrogens with one attached hydrogen (secondary N) is 1. The lowest BCUT2D eigenvalue weighted by Crippen LogP contribution is -2.46. The summed E-state index contributed by atoms with van der Waals surface area (Å²) in [5.41, 5.74) is 2.65. The fraction of sp³-hybridized carbons (Fsp3) is 0.107. The summed E-state index contributed by atoms with van der Waals surface area (Å²) < 4.78 is 27.5. The number of nitrogens with zero attached hydrogens (tertiary/aromatic N) is 2. The third-order valence-electron chi connectivity index (χ3n) is 6.08. The van der Waals surface area contributed by atoms with E-state index >= 15 is 0 Å². The standard InChI is InChI=1S/C28H21F2N3O2/c1-17-5-4-8-24(31-17)32-27(34)25-22-6-2-3-7-23(22)28(35)33(21-15-13-20(30)14-16-21)26(25)18-9-11-19(29)12-10-18/h2-16,25-26H,1H3,(H,31,32,34)/t25-,26+/m1/s1. The fourth-order valence-corrected chi connectivity index (χ4v) is 4.52. The molecule has 0 saturated heterocycles. The molecule has 5 rings (SSSR count). The summed E-state index contributed by atoms with van der Waals surface area (Å²) in [7, 11) is 0. The van der Waals surface area contributed by atoms with Crippen LogP contribution in [0.15, 0.2) is 91.0 Å². The molecule has 1 aliphatic rings. The molecule has 5 nitrogen and oxygen atoms in total. The molecular weight excluding hydrogens is 448 g/mol. The molecule has 2 amide bonds. The molecule has 1 N–H and O–H groups in total. The monoisotopic (exact) mass is 469 g/mol. The van der Waals surface area contributed by atoms with E-state index in [0.717, 1.165) is 5.69 Å². The number of carbonyl (C=O) groups excluding carboxylic acids is 2. The van der Waals surface area contributed by atoms with Gasteiger partial charge in [-0.15, -0.1) is 0 Å². The lowest BCUT2D eigenvalue weighted by Gasteiger charge is -2.41. The summed E-state index contributed by atoms with van der Waals surface area (Å²) in [5.74, 6) is -2.05. The molecule has 7 heteroatoms. The molecular formula is C28H21F2N3O2. The lowest BCUT2D eigenvalue weighted by molar-refractivity contribution is -0.118. The number of carbonyl (C=O) groups is 2. The maximum absolute atomic E-state index is 13.8. The van der Waals surface area contributed by atoms with Crippen LogP contribution in [-0.2, 0) is 4.79 Å². The molecule has 0 spiro atoms. The Morgan fingerprint density at radius 3 is 2.20 bits per heavy atom. The largest absolute Gasteiger partial charge is 0.310 e. The van der Waals surface area contributed by atoms with Gasteiger partial charge >= 0.3 is 0 Å². The molecule has 0 aliphatic carbocycles. The molecule has 174 valence electrons. The molecule has 1 aliphatic heterocycles. The first-order valence-electron chi connectivity index (χ1n) is 11.1. The predicted molar refractivity (Wildman–Crippen MR) is 129 cm³/mol. The van der Waals surface area contributed by atoms with E-state index in [0.29, 0.717) is 28.2 Å². The van der Waals surface area contributed by atoms with Crippen LogP contribution in [-0.4, -0.2) is 16.8 Å². The van der Waals surface area contributed by atoms with Crippen molar-refractivity contribution in [3.8, 4) is 0 Å². The van der Waals surface area contributed by atoms with Gasteiger partial charge in [-0.05, 0) is 72.6 Å². The fourth-order valence-electron chi connectivity index (χ4n) is 4.52. The van der Waals surface area contributed by atoms with E-state index in [9.17, 15) is 18.4 Å². The Morgan fingerprint density at radius 1 is 0.857 bits per heavy atom. The number of hydrogen-bond acceptors (Lipinski definition) is 3. The highest BCUT2D eigenvalue weighted by Crippen LogP contribution is 2.45. The smallest absolute Gasteiger partial charge is 0.259 e. The van der Waals surface area contributed by atoms with E-state index in [1.165, 1.54) is 41.3 Å². The number of rotatable bonds is 4. The number of fused-ring (bicyclic) bond motifs is 1. The van der Waals surface area contributed by atoms with E-state index in [-0.39, 0.29) is 11.8 Å². The van der Waals surface area contributed by atoms with Crippen molar-refractivity contribution in [3.05, 3.63) is 125 Å². The van der Waals surface area contributed by atoms with Gasteiger partial charge in [-0.1, -0.05) is 36.4 Å². The van der Waals surface area contributed by atoms with E-state index in [4.69, 9.17) is 0 Å². The topological polar surface area (TPSA) is 62.3 Å². The maximum Gasteiger partial charge on any atom is 0.259 e. The SMILES string of the molecule is Cc1cccc(NC(=O)[C@@H]2c3ccccc3C(=O)N(c3ccc(F)cc3)[C@H]2c2ccc(F)cc2)n1. The Morgan fingerprint density at radius 2 is 1.51 bits per heavy atom. The van der Waals surface area contributed by atoms with E-state index in [2.05, 4.69) is 10.3 Å². The van der Waals surface area contributed by atoms with Crippen molar-refractivity contribution in [1.29, 1.82) is 0 Å². The molecule has 0 saturated carbocycles. The minimum Gasteiger partial charge on any atom is -0.310 e. The van der Waals surface area contributed by atoms with Crippen LogP contribution < -0.4 is 10.2 Å². The zero-order valence-electron chi connectivity index (χ0n) is 18.8. The van der Waals surface area contributed by atoms with Crippen LogP contribution in [0.2, 0.25) is 0 Å². The second-order valence-corrected chi connectivity index (χ2v) is 8.37.